The van der Waals surface area contributed by atoms with Crippen molar-refractivity contribution in [3.05, 3.63) is 48.6 Å². The summed E-state index contributed by atoms with van der Waals surface area (Å²) in [4.78, 5) is 43.7. The summed E-state index contributed by atoms with van der Waals surface area (Å²) in [6, 6.07) is 0. The first kappa shape index (κ1) is 64.0. The third-order valence-electron chi connectivity index (χ3n) is 10.3. The van der Waals surface area contributed by atoms with Crippen LogP contribution in [0.5, 0.6) is 0 Å². The van der Waals surface area contributed by atoms with Gasteiger partial charge in [0.2, 0.25) is 0 Å². The van der Waals surface area contributed by atoms with E-state index in [9.17, 15) is 43.8 Å². The van der Waals surface area contributed by atoms with Crippen molar-refractivity contribution in [3.8, 4) is 0 Å². The number of unbranched alkanes of at least 4 members (excludes halogenated alkanes) is 20. The highest BCUT2D eigenvalue weighted by Crippen LogP contribution is 2.45. The number of ether oxygens (including phenoxy) is 2. The number of hydrogen-bond acceptors (Lipinski definition) is 13. The average molecular weight is 981 g/mol. The minimum Gasteiger partial charge on any atom is -0.463 e. The van der Waals surface area contributed by atoms with Crippen LogP contribution in [0.1, 0.15) is 194 Å². The lowest BCUT2D eigenvalue weighted by molar-refractivity contribution is -0.148. The van der Waals surface area contributed by atoms with Gasteiger partial charge in [-0.15, -0.1) is 0 Å². The maximum absolute atomic E-state index is 12.2. The number of rotatable bonds is 48. The zero-order chi connectivity index (χ0) is 48.8. The first-order chi connectivity index (χ1) is 31.8. The fourth-order valence-corrected chi connectivity index (χ4v) is 7.95. The maximum atomic E-state index is 12.2. The Labute approximate surface area is 398 Å². The first-order valence-corrected chi connectivity index (χ1v) is 28.0. The zero-order valence-electron chi connectivity index (χ0n) is 40.6. The molecule has 0 saturated heterocycles. The van der Waals surface area contributed by atoms with E-state index in [4.69, 9.17) is 9.47 Å². The molecule has 5 N–H and O–H groups in total. The van der Waals surface area contributed by atoms with Crippen molar-refractivity contribution in [1.29, 1.82) is 0 Å². The largest absolute Gasteiger partial charge is 0.472 e. The summed E-state index contributed by atoms with van der Waals surface area (Å²) in [5, 5.41) is 30.0. The second-order valence-electron chi connectivity index (χ2n) is 16.8. The molecule has 66 heavy (non-hydrogen) atoms. The number of phosphoric ester groups is 2. The Bertz CT molecular complexity index is 1370. The van der Waals surface area contributed by atoms with Gasteiger partial charge in [-0.1, -0.05) is 165 Å². The summed E-state index contributed by atoms with van der Waals surface area (Å²) >= 11 is 0. The van der Waals surface area contributed by atoms with Crippen LogP contribution in [-0.2, 0) is 46.3 Å². The van der Waals surface area contributed by atoms with Crippen molar-refractivity contribution in [2.45, 2.75) is 212 Å². The number of carbonyl (C=O) groups is 2. The normalized spacial score (nSPS) is 15.4. The number of allylic oxidation sites excluding steroid dienone is 8. The molecule has 0 aliphatic carbocycles. The first-order valence-electron chi connectivity index (χ1n) is 25.0. The second-order valence-corrected chi connectivity index (χ2v) is 19.7. The van der Waals surface area contributed by atoms with E-state index in [0.717, 1.165) is 44.9 Å². The Hall–Kier alpha value is -2.00. The van der Waals surface area contributed by atoms with Crippen molar-refractivity contribution >= 4 is 27.6 Å². The van der Waals surface area contributed by atoms with Crippen LogP contribution in [-0.4, -0.2) is 95.0 Å². The van der Waals surface area contributed by atoms with Gasteiger partial charge in [-0.05, 0) is 64.2 Å². The predicted octanol–water partition coefficient (Wildman–Crippen LogP) is 11.6. The third kappa shape index (κ3) is 47.1. The summed E-state index contributed by atoms with van der Waals surface area (Å²) in [7, 11) is -9.59. The smallest absolute Gasteiger partial charge is 0.463 e. The van der Waals surface area contributed by atoms with Crippen LogP contribution in [0.25, 0.3) is 0 Å². The fraction of sp³-hybridized carbons (Fsp3) is 0.796. The Morgan fingerprint density at radius 3 is 1.08 bits per heavy atom. The maximum Gasteiger partial charge on any atom is 0.472 e. The van der Waals surface area contributed by atoms with Crippen LogP contribution in [0.15, 0.2) is 48.6 Å². The fourth-order valence-electron chi connectivity index (χ4n) is 6.35. The van der Waals surface area contributed by atoms with E-state index in [2.05, 4.69) is 68.4 Å². The molecule has 0 fully saturated rings. The number of hydrogen-bond donors (Lipinski definition) is 5. The average Bonchev–Trinajstić information content (AvgIpc) is 3.29. The molecule has 0 bridgehead atoms. The molecule has 386 valence electrons. The molecule has 5 atom stereocenters. The zero-order valence-corrected chi connectivity index (χ0v) is 42.4. The molecule has 0 saturated carbocycles. The van der Waals surface area contributed by atoms with E-state index in [-0.39, 0.29) is 12.8 Å². The van der Waals surface area contributed by atoms with E-state index in [0.29, 0.717) is 12.8 Å². The van der Waals surface area contributed by atoms with E-state index >= 15 is 0 Å². The SMILES string of the molecule is CCCCC/C=C\C/C=C\CCCCCCCCCCCCCC(=O)OCC(O)COP(=O)(O)OCC(O)COP(=O)(O)OCC(O)COC(=O)CC/C=C/C/C=C\CCCCCCCC. The molecule has 15 nitrogen and oxygen atoms in total. The Morgan fingerprint density at radius 1 is 0.394 bits per heavy atom. The van der Waals surface area contributed by atoms with E-state index in [1.165, 1.54) is 109 Å². The molecule has 0 aromatic rings. The lowest BCUT2D eigenvalue weighted by Crippen LogP contribution is -2.25. The van der Waals surface area contributed by atoms with Crippen LogP contribution in [0, 0.1) is 0 Å². The minimum atomic E-state index is -4.79. The standard InChI is InChI=1S/C49H90O15P2/c1-3-5-7-9-11-13-15-17-18-19-20-21-22-23-24-26-28-30-32-34-36-38-49(54)60-40-46(51)42-62-66(57,58)64-44-47(52)43-63-65(55,56)61-41-45(50)39-59-48(53)37-35-33-31-29-27-25-16-14-12-10-8-6-4-2/h11,13,17-18,25,27,31,33,45-47,50-52H,3-10,12,14-16,19-24,26,28-30,32,34-44H2,1-2H3,(H,55,56)(H,57,58)/b13-11-,18-17-,27-25-,33-31+. The molecule has 0 aliphatic heterocycles. The van der Waals surface area contributed by atoms with Crippen molar-refractivity contribution in [1.82, 2.24) is 0 Å². The van der Waals surface area contributed by atoms with Gasteiger partial charge in [0.15, 0.2) is 0 Å². The highest BCUT2D eigenvalue weighted by molar-refractivity contribution is 7.47. The molecule has 0 aromatic heterocycles. The molecule has 17 heteroatoms. The molecule has 0 spiro atoms. The second kappa shape index (κ2) is 45.4. The molecule has 0 radical (unpaired) electrons. The van der Waals surface area contributed by atoms with E-state index in [1.54, 1.807) is 0 Å². The van der Waals surface area contributed by atoms with Crippen molar-refractivity contribution in [2.75, 3.05) is 39.6 Å². The van der Waals surface area contributed by atoms with Gasteiger partial charge in [-0.2, -0.15) is 0 Å². The van der Waals surface area contributed by atoms with Gasteiger partial charge >= 0.3 is 27.6 Å². The molecule has 0 aromatic carbocycles. The minimum absolute atomic E-state index is 0.0904. The van der Waals surface area contributed by atoms with Gasteiger partial charge in [0.05, 0.1) is 26.4 Å². The van der Waals surface area contributed by atoms with Gasteiger partial charge in [0, 0.05) is 12.8 Å². The van der Waals surface area contributed by atoms with E-state index < -0.39 is 85.5 Å². The van der Waals surface area contributed by atoms with Gasteiger partial charge in [-0.3, -0.25) is 27.7 Å². The lowest BCUT2D eigenvalue weighted by atomic mass is 10.0. The molecule has 5 unspecified atom stereocenters. The molecular formula is C49H90O15P2. The molecule has 0 aliphatic rings. The van der Waals surface area contributed by atoms with Crippen molar-refractivity contribution in [2.24, 2.45) is 0 Å². The molecule has 0 heterocycles. The topological polar surface area (TPSA) is 225 Å². The predicted molar refractivity (Wildman–Crippen MR) is 261 cm³/mol. The van der Waals surface area contributed by atoms with Crippen LogP contribution in [0.3, 0.4) is 0 Å². The summed E-state index contributed by atoms with van der Waals surface area (Å²) in [6.45, 7) is 0.324. The van der Waals surface area contributed by atoms with E-state index in [1.807, 2.05) is 12.2 Å². The third-order valence-corrected chi connectivity index (χ3v) is 12.2. The highest BCUT2D eigenvalue weighted by Gasteiger charge is 2.28. The number of carbonyl (C=O) groups excluding carboxylic acids is 2. The number of aliphatic hydroxyl groups is 3. The Kier molecular flexibility index (Phi) is 44.1. The summed E-state index contributed by atoms with van der Waals surface area (Å²) in [5.41, 5.74) is 0. The molecule has 0 rings (SSSR count). The van der Waals surface area contributed by atoms with Gasteiger partial charge in [0.1, 0.15) is 31.5 Å². The molecule has 0 amide bonds. The van der Waals surface area contributed by atoms with Gasteiger partial charge < -0.3 is 34.6 Å². The Morgan fingerprint density at radius 2 is 0.682 bits per heavy atom. The van der Waals surface area contributed by atoms with Gasteiger partial charge in [-0.25, -0.2) is 9.13 Å². The molecular weight excluding hydrogens is 890 g/mol. The Balaban J connectivity index is 3.88. The van der Waals surface area contributed by atoms with Crippen LogP contribution in [0.4, 0.5) is 0 Å². The number of phosphoric acid groups is 2. The van der Waals surface area contributed by atoms with Crippen molar-refractivity contribution < 1.29 is 71.4 Å². The summed E-state index contributed by atoms with van der Waals surface area (Å²) in [5.74, 6) is -1.06. The summed E-state index contributed by atoms with van der Waals surface area (Å²) < 4.78 is 52.9. The lowest BCUT2D eigenvalue weighted by Gasteiger charge is -2.19. The van der Waals surface area contributed by atoms with Crippen LogP contribution >= 0.6 is 15.6 Å². The highest BCUT2D eigenvalue weighted by atomic mass is 31.2. The quantitative estimate of drug-likeness (QED) is 0.0165. The van der Waals surface area contributed by atoms with Crippen LogP contribution < -0.4 is 0 Å². The van der Waals surface area contributed by atoms with Gasteiger partial charge in [0.25, 0.3) is 0 Å². The monoisotopic (exact) mass is 981 g/mol. The number of esters is 2. The summed E-state index contributed by atoms with van der Waals surface area (Å²) in [6.07, 6.45) is 42.6. The van der Waals surface area contributed by atoms with Crippen LogP contribution in [0.2, 0.25) is 0 Å². The van der Waals surface area contributed by atoms with Crippen molar-refractivity contribution in [3.63, 3.8) is 0 Å². The number of aliphatic hydroxyl groups excluding tert-OH is 3.